The van der Waals surface area contributed by atoms with Gasteiger partial charge in [0.05, 0.1) is 30.5 Å². The van der Waals surface area contributed by atoms with Crippen molar-refractivity contribution in [2.75, 3.05) is 6.61 Å². The lowest BCUT2D eigenvalue weighted by Crippen LogP contribution is -2.73. The Morgan fingerprint density at radius 1 is 1.03 bits per heavy atom. The van der Waals surface area contributed by atoms with E-state index >= 15 is 0 Å². The van der Waals surface area contributed by atoms with Crippen LogP contribution in [-0.2, 0) is 14.3 Å². The molecular weight excluding hydrogens is 456 g/mol. The molecule has 5 rings (SSSR count). The molecule has 1 aromatic carbocycles. The molecule has 198 valence electrons. The van der Waals surface area contributed by atoms with E-state index in [2.05, 4.69) is 53.7 Å². The molecule has 3 aliphatic carbocycles. The molecular formula is C30H42O6. The summed E-state index contributed by atoms with van der Waals surface area (Å²) < 4.78 is 6.13. The zero-order valence-electron chi connectivity index (χ0n) is 22.6. The normalized spacial score (nSPS) is 47.0. The van der Waals surface area contributed by atoms with Crippen LogP contribution >= 0.6 is 0 Å². The first-order chi connectivity index (χ1) is 16.7. The lowest BCUT2D eigenvalue weighted by molar-refractivity contribution is -0.306. The maximum absolute atomic E-state index is 12.9. The average Bonchev–Trinajstić information content (AvgIpc) is 2.82. The number of hydrogen-bond donors (Lipinski definition) is 3. The molecule has 6 heteroatoms. The summed E-state index contributed by atoms with van der Waals surface area (Å²) in [7, 11) is 0. The van der Waals surface area contributed by atoms with Crippen LogP contribution in [0.3, 0.4) is 0 Å². The highest BCUT2D eigenvalue weighted by molar-refractivity contribution is 5.41. The zero-order valence-corrected chi connectivity index (χ0v) is 22.6. The quantitative estimate of drug-likeness (QED) is 0.504. The molecule has 1 aliphatic heterocycles. The van der Waals surface area contributed by atoms with Crippen LogP contribution in [0.1, 0.15) is 72.8 Å². The molecule has 1 heterocycles. The van der Waals surface area contributed by atoms with Gasteiger partial charge in [0.25, 0.3) is 0 Å². The highest BCUT2D eigenvalue weighted by Gasteiger charge is 2.72. The molecule has 0 radical (unpaired) electrons. The van der Waals surface area contributed by atoms with E-state index < -0.39 is 28.6 Å². The second-order valence-corrected chi connectivity index (χ2v) is 12.9. The number of carbonyl (C=O) groups excluding carboxylic acids is 2. The van der Waals surface area contributed by atoms with Crippen molar-refractivity contribution in [2.45, 2.75) is 91.1 Å². The molecule has 0 amide bonds. The maximum Gasteiger partial charge on any atom is 0.373 e. The summed E-state index contributed by atoms with van der Waals surface area (Å²) in [4.78, 5) is 16.2. The number of rotatable bonds is 1. The lowest BCUT2D eigenvalue weighted by atomic mass is 9.37. The first-order valence-electron chi connectivity index (χ1n) is 13.2. The first kappa shape index (κ1) is 27.2. The fourth-order valence-electron chi connectivity index (χ4n) is 9.05. The Morgan fingerprint density at radius 3 is 2.14 bits per heavy atom. The van der Waals surface area contributed by atoms with Gasteiger partial charge >= 0.3 is 6.15 Å². The maximum atomic E-state index is 12.9. The summed E-state index contributed by atoms with van der Waals surface area (Å²) in [5.74, 6) is -0.156. The fourth-order valence-corrected chi connectivity index (χ4v) is 9.05. The van der Waals surface area contributed by atoms with Crippen LogP contribution < -0.4 is 0 Å². The van der Waals surface area contributed by atoms with Gasteiger partial charge in [0.1, 0.15) is 0 Å². The summed E-state index contributed by atoms with van der Waals surface area (Å²) in [5, 5.41) is 36.4. The van der Waals surface area contributed by atoms with E-state index in [1.807, 2.05) is 25.1 Å². The third kappa shape index (κ3) is 3.38. The van der Waals surface area contributed by atoms with Crippen molar-refractivity contribution in [1.29, 1.82) is 0 Å². The van der Waals surface area contributed by atoms with Gasteiger partial charge in [-0.25, -0.2) is 0 Å². The second kappa shape index (κ2) is 8.89. The van der Waals surface area contributed by atoms with Gasteiger partial charge in [0.15, 0.2) is 0 Å². The van der Waals surface area contributed by atoms with Gasteiger partial charge in [0.2, 0.25) is 0 Å². The molecule has 1 saturated heterocycles. The molecule has 0 spiro atoms. The van der Waals surface area contributed by atoms with Gasteiger partial charge in [-0.2, -0.15) is 9.59 Å². The number of fused-ring (bicyclic) bond motifs is 5. The smallest absolute Gasteiger partial charge is 0.373 e. The van der Waals surface area contributed by atoms with E-state index in [4.69, 9.17) is 14.3 Å². The third-order valence-electron chi connectivity index (χ3n) is 11.1. The van der Waals surface area contributed by atoms with Crippen LogP contribution in [0, 0.1) is 34.0 Å². The standard InChI is InChI=1S/C29H42O4.CO2/c1-16-13-21-27(6,15-33-21)24-23(19-11-9-8-10-12-19)29(32)14-20(30)17(2)22(26(29,4)5)18(3)25(31)28(16,24)7;2-1-3/h8-12,16,18,20-21,23-25,30-32H,13-15H2,1-7H3;/t16-,18+,20-,21+,23-,24?,25-,27+,28+,29+;/m0./s1. The number of benzene rings is 1. The molecule has 0 aromatic heterocycles. The molecule has 1 aromatic rings. The van der Waals surface area contributed by atoms with Gasteiger partial charge in [0, 0.05) is 34.5 Å². The van der Waals surface area contributed by atoms with E-state index in [-0.39, 0.29) is 41.3 Å². The van der Waals surface area contributed by atoms with Crippen LogP contribution in [-0.4, -0.2) is 52.0 Å². The lowest BCUT2D eigenvalue weighted by Gasteiger charge is -2.71. The molecule has 2 bridgehead atoms. The minimum atomic E-state index is -1.16. The number of ether oxygens (including phenoxy) is 1. The number of hydrogen-bond acceptors (Lipinski definition) is 6. The van der Waals surface area contributed by atoms with E-state index in [1.54, 1.807) is 0 Å². The van der Waals surface area contributed by atoms with Crippen molar-refractivity contribution in [3.63, 3.8) is 0 Å². The van der Waals surface area contributed by atoms with Crippen LogP contribution in [0.4, 0.5) is 0 Å². The minimum absolute atomic E-state index is 0.00350. The van der Waals surface area contributed by atoms with Crippen molar-refractivity contribution >= 4 is 6.15 Å². The average molecular weight is 499 g/mol. The van der Waals surface area contributed by atoms with E-state index in [0.717, 1.165) is 23.1 Å². The molecule has 3 fully saturated rings. The monoisotopic (exact) mass is 498 g/mol. The van der Waals surface area contributed by atoms with Crippen molar-refractivity contribution < 1.29 is 29.6 Å². The van der Waals surface area contributed by atoms with Gasteiger partial charge in [-0.05, 0) is 36.3 Å². The Labute approximate surface area is 214 Å². The van der Waals surface area contributed by atoms with Crippen molar-refractivity contribution in [3.8, 4) is 0 Å². The van der Waals surface area contributed by atoms with Crippen LogP contribution in [0.15, 0.2) is 41.5 Å². The molecule has 10 atom stereocenters. The van der Waals surface area contributed by atoms with Crippen molar-refractivity contribution in [2.24, 2.45) is 34.0 Å². The Kier molecular flexibility index (Phi) is 6.72. The predicted octanol–water partition coefficient (Wildman–Crippen LogP) is 4.10. The molecule has 3 N–H and O–H groups in total. The Bertz CT molecular complexity index is 1060. The van der Waals surface area contributed by atoms with Gasteiger partial charge in [-0.15, -0.1) is 0 Å². The van der Waals surface area contributed by atoms with Crippen molar-refractivity contribution in [1.82, 2.24) is 0 Å². The summed E-state index contributed by atoms with van der Waals surface area (Å²) in [6.07, 6.45) is 0.319. The summed E-state index contributed by atoms with van der Waals surface area (Å²) in [6.45, 7) is 15.8. The van der Waals surface area contributed by atoms with E-state index in [0.29, 0.717) is 13.0 Å². The van der Waals surface area contributed by atoms with E-state index in [1.165, 1.54) is 0 Å². The van der Waals surface area contributed by atoms with Gasteiger partial charge < -0.3 is 20.1 Å². The minimum Gasteiger partial charge on any atom is -0.392 e. The second-order valence-electron chi connectivity index (χ2n) is 12.9. The van der Waals surface area contributed by atoms with Crippen molar-refractivity contribution in [3.05, 3.63) is 47.0 Å². The molecule has 2 saturated carbocycles. The molecule has 1 unspecified atom stereocenters. The Morgan fingerprint density at radius 2 is 1.61 bits per heavy atom. The highest BCUT2D eigenvalue weighted by atomic mass is 16.5. The number of aliphatic hydroxyl groups is 3. The fraction of sp³-hybridized carbons (Fsp3) is 0.700. The van der Waals surface area contributed by atoms with Crippen LogP contribution in [0.5, 0.6) is 0 Å². The van der Waals surface area contributed by atoms with Crippen LogP contribution in [0.2, 0.25) is 0 Å². The largest absolute Gasteiger partial charge is 0.392 e. The molecule has 4 aliphatic rings. The highest BCUT2D eigenvalue weighted by Crippen LogP contribution is 2.71. The number of aliphatic hydroxyl groups excluding tert-OH is 2. The molecule has 6 nitrogen and oxygen atoms in total. The predicted molar refractivity (Wildman–Crippen MR) is 135 cm³/mol. The van der Waals surface area contributed by atoms with E-state index in [9.17, 15) is 15.3 Å². The van der Waals surface area contributed by atoms with Gasteiger partial charge in [-0.1, -0.05) is 77.4 Å². The Balaban J connectivity index is 0.000000967. The first-order valence-corrected chi connectivity index (χ1v) is 13.2. The summed E-state index contributed by atoms with van der Waals surface area (Å²) >= 11 is 0. The van der Waals surface area contributed by atoms with Gasteiger partial charge in [-0.3, -0.25) is 0 Å². The summed E-state index contributed by atoms with van der Waals surface area (Å²) in [6, 6.07) is 10.4. The SMILES string of the molecule is CC1=C2[C@@H](C)[C@H](O)[C@@]3(C)C([C@H](c4ccccc4)[C@](O)(C[C@@H]1O)C2(C)C)[C@]1(C)CO[C@@H]1C[C@@H]3C.O=C=O. The third-order valence-corrected chi connectivity index (χ3v) is 11.1. The Hall–Kier alpha value is -1.82. The zero-order chi connectivity index (χ0) is 26.8. The molecule has 36 heavy (non-hydrogen) atoms. The summed E-state index contributed by atoms with van der Waals surface area (Å²) in [5.41, 5.74) is 0.725. The topological polar surface area (TPSA) is 104 Å². The van der Waals surface area contributed by atoms with Crippen LogP contribution in [0.25, 0.3) is 0 Å².